The lowest BCUT2D eigenvalue weighted by Crippen LogP contribution is -2.35. The summed E-state index contributed by atoms with van der Waals surface area (Å²) in [4.78, 5) is 2.30. The van der Waals surface area contributed by atoms with Crippen molar-refractivity contribution in [3.63, 3.8) is 0 Å². The largest absolute Gasteiger partial charge is 0.395 e. The maximum absolute atomic E-state index is 9.15. The van der Waals surface area contributed by atoms with E-state index in [1.165, 1.54) is 6.42 Å². The lowest BCUT2D eigenvalue weighted by Gasteiger charge is -2.22. The smallest absolute Gasteiger partial charge is 0.0701 e. The molecule has 5 heteroatoms. The van der Waals surface area contributed by atoms with Crippen molar-refractivity contribution in [3.05, 3.63) is 0 Å². The van der Waals surface area contributed by atoms with E-state index in [4.69, 9.17) is 19.3 Å². The summed E-state index contributed by atoms with van der Waals surface area (Å²) in [5, 5.41) is 9.15. The number of ether oxygens (including phenoxy) is 3. The first-order chi connectivity index (χ1) is 8.38. The van der Waals surface area contributed by atoms with Crippen LogP contribution in [-0.4, -0.2) is 75.9 Å². The molecule has 0 aromatic heterocycles. The number of aliphatic hydroxyl groups is 1. The second kappa shape index (κ2) is 9.79. The minimum Gasteiger partial charge on any atom is -0.395 e. The summed E-state index contributed by atoms with van der Waals surface area (Å²) in [6, 6.07) is 0.344. The maximum Gasteiger partial charge on any atom is 0.0701 e. The fourth-order valence-corrected chi connectivity index (χ4v) is 2.04. The Balaban J connectivity index is 1.87. The molecular weight excluding hydrogens is 222 g/mol. The van der Waals surface area contributed by atoms with Crippen LogP contribution in [0.4, 0.5) is 0 Å². The lowest BCUT2D eigenvalue weighted by atomic mass is 10.2. The van der Waals surface area contributed by atoms with E-state index in [1.54, 1.807) is 7.11 Å². The molecule has 1 aliphatic rings. The highest BCUT2D eigenvalue weighted by Crippen LogP contribution is 2.15. The Bertz CT molecular complexity index is 180. The van der Waals surface area contributed by atoms with Crippen molar-refractivity contribution < 1.29 is 19.3 Å². The maximum atomic E-state index is 9.15. The van der Waals surface area contributed by atoms with Crippen molar-refractivity contribution in [2.24, 2.45) is 0 Å². The Morgan fingerprint density at radius 2 is 1.82 bits per heavy atom. The van der Waals surface area contributed by atoms with Crippen molar-refractivity contribution in [2.75, 3.05) is 59.8 Å². The van der Waals surface area contributed by atoms with Crippen LogP contribution >= 0.6 is 0 Å². The summed E-state index contributed by atoms with van der Waals surface area (Å²) in [7, 11) is 1.66. The monoisotopic (exact) mass is 247 g/mol. The van der Waals surface area contributed by atoms with E-state index in [-0.39, 0.29) is 6.61 Å². The number of rotatable bonds is 10. The van der Waals surface area contributed by atoms with Crippen LogP contribution in [0.2, 0.25) is 0 Å². The molecule has 5 nitrogen and oxygen atoms in total. The summed E-state index contributed by atoms with van der Waals surface area (Å²) in [5.74, 6) is 0. The summed E-state index contributed by atoms with van der Waals surface area (Å²) < 4.78 is 15.6. The van der Waals surface area contributed by atoms with Crippen LogP contribution in [0.5, 0.6) is 0 Å². The highest BCUT2D eigenvalue weighted by Gasteiger charge is 2.22. The van der Waals surface area contributed by atoms with Crippen molar-refractivity contribution >= 4 is 0 Å². The summed E-state index contributed by atoms with van der Waals surface area (Å²) in [6.45, 7) is 5.46. The standard InChI is InChI=1S/C12H25NO4/c1-15-7-8-17-10-9-16-6-5-13-4-2-3-12(13)11-14/h12,14H,2-11H2,1H3/t12-/m0/s1. The van der Waals surface area contributed by atoms with Gasteiger partial charge < -0.3 is 19.3 Å². The molecule has 1 rings (SSSR count). The first kappa shape index (κ1) is 14.9. The molecule has 1 heterocycles. The van der Waals surface area contributed by atoms with Gasteiger partial charge >= 0.3 is 0 Å². The first-order valence-electron chi connectivity index (χ1n) is 6.38. The average Bonchev–Trinajstić information content (AvgIpc) is 2.80. The van der Waals surface area contributed by atoms with Gasteiger partial charge in [-0.15, -0.1) is 0 Å². The molecule has 1 aliphatic heterocycles. The third-order valence-corrected chi connectivity index (χ3v) is 3.04. The number of likely N-dealkylation sites (tertiary alicyclic amines) is 1. The van der Waals surface area contributed by atoms with Crippen molar-refractivity contribution in [3.8, 4) is 0 Å². The molecule has 0 unspecified atom stereocenters. The summed E-state index contributed by atoms with van der Waals surface area (Å²) in [5.41, 5.74) is 0. The zero-order valence-corrected chi connectivity index (χ0v) is 10.8. The molecule has 1 fully saturated rings. The van der Waals surface area contributed by atoms with Crippen LogP contribution in [0.25, 0.3) is 0 Å². The summed E-state index contributed by atoms with van der Waals surface area (Å²) in [6.07, 6.45) is 2.29. The fraction of sp³-hybridized carbons (Fsp3) is 1.00. The number of hydrogen-bond acceptors (Lipinski definition) is 5. The van der Waals surface area contributed by atoms with E-state index in [1.807, 2.05) is 0 Å². The minimum atomic E-state index is 0.264. The van der Waals surface area contributed by atoms with Gasteiger partial charge in [-0.2, -0.15) is 0 Å². The van der Waals surface area contributed by atoms with Gasteiger partial charge in [0.25, 0.3) is 0 Å². The van der Waals surface area contributed by atoms with Gasteiger partial charge in [0.2, 0.25) is 0 Å². The van der Waals surface area contributed by atoms with Crippen molar-refractivity contribution in [2.45, 2.75) is 18.9 Å². The molecule has 1 atom stereocenters. The Hall–Kier alpha value is -0.200. The Morgan fingerprint density at radius 1 is 1.12 bits per heavy atom. The van der Waals surface area contributed by atoms with Gasteiger partial charge in [0.05, 0.1) is 39.6 Å². The predicted octanol–water partition coefficient (Wildman–Crippen LogP) is 0.123. The van der Waals surface area contributed by atoms with Crippen LogP contribution in [-0.2, 0) is 14.2 Å². The molecule has 0 radical (unpaired) electrons. The van der Waals surface area contributed by atoms with Crippen molar-refractivity contribution in [1.82, 2.24) is 4.90 Å². The third-order valence-electron chi connectivity index (χ3n) is 3.04. The highest BCUT2D eigenvalue weighted by atomic mass is 16.5. The topological polar surface area (TPSA) is 51.2 Å². The number of nitrogens with zero attached hydrogens (tertiary/aromatic N) is 1. The molecule has 0 aliphatic carbocycles. The van der Waals surface area contributed by atoms with Gasteiger partial charge in [-0.25, -0.2) is 0 Å². The molecule has 0 aromatic carbocycles. The van der Waals surface area contributed by atoms with E-state index < -0.39 is 0 Å². The van der Waals surface area contributed by atoms with Gasteiger partial charge in [-0.3, -0.25) is 4.90 Å². The quantitative estimate of drug-likeness (QED) is 0.556. The van der Waals surface area contributed by atoms with Crippen LogP contribution in [0, 0.1) is 0 Å². The molecule has 0 aromatic rings. The number of hydrogen-bond donors (Lipinski definition) is 1. The average molecular weight is 247 g/mol. The molecular formula is C12H25NO4. The Kier molecular flexibility index (Phi) is 8.56. The van der Waals surface area contributed by atoms with Gasteiger partial charge in [0, 0.05) is 19.7 Å². The van der Waals surface area contributed by atoms with Crippen LogP contribution in [0.3, 0.4) is 0 Å². The predicted molar refractivity (Wildman–Crippen MR) is 65.2 cm³/mol. The third kappa shape index (κ3) is 6.33. The van der Waals surface area contributed by atoms with Crippen LogP contribution in [0.15, 0.2) is 0 Å². The molecule has 0 amide bonds. The molecule has 1 N–H and O–H groups in total. The molecule has 102 valence electrons. The second-order valence-electron chi connectivity index (χ2n) is 4.23. The summed E-state index contributed by atoms with van der Waals surface area (Å²) >= 11 is 0. The van der Waals surface area contributed by atoms with Crippen LogP contribution < -0.4 is 0 Å². The molecule has 0 spiro atoms. The van der Waals surface area contributed by atoms with Crippen LogP contribution in [0.1, 0.15) is 12.8 Å². The van der Waals surface area contributed by atoms with E-state index in [2.05, 4.69) is 4.90 Å². The zero-order valence-electron chi connectivity index (χ0n) is 10.8. The Morgan fingerprint density at radius 3 is 2.53 bits per heavy atom. The molecule has 17 heavy (non-hydrogen) atoms. The van der Waals surface area contributed by atoms with Crippen molar-refractivity contribution in [1.29, 1.82) is 0 Å². The Labute approximate surface area is 104 Å². The number of aliphatic hydroxyl groups excluding tert-OH is 1. The van der Waals surface area contributed by atoms with Gasteiger partial charge in [0.1, 0.15) is 0 Å². The molecule has 1 saturated heterocycles. The van der Waals surface area contributed by atoms with Gasteiger partial charge in [-0.1, -0.05) is 0 Å². The zero-order chi connectivity index (χ0) is 12.3. The molecule has 0 saturated carbocycles. The van der Waals surface area contributed by atoms with Gasteiger partial charge in [0.15, 0.2) is 0 Å². The van der Waals surface area contributed by atoms with E-state index in [0.29, 0.717) is 39.1 Å². The molecule has 0 bridgehead atoms. The van der Waals surface area contributed by atoms with Gasteiger partial charge in [-0.05, 0) is 19.4 Å². The lowest BCUT2D eigenvalue weighted by molar-refractivity contribution is 0.0171. The van der Waals surface area contributed by atoms with E-state index >= 15 is 0 Å². The number of methoxy groups -OCH3 is 1. The first-order valence-corrected chi connectivity index (χ1v) is 6.38. The SMILES string of the molecule is COCCOCCOCCN1CCC[C@H]1CO. The van der Waals surface area contributed by atoms with E-state index in [0.717, 1.165) is 19.5 Å². The highest BCUT2D eigenvalue weighted by molar-refractivity contribution is 4.77. The second-order valence-corrected chi connectivity index (χ2v) is 4.23. The normalized spacial score (nSPS) is 21.2. The van der Waals surface area contributed by atoms with E-state index in [9.17, 15) is 0 Å². The minimum absolute atomic E-state index is 0.264. The fourth-order valence-electron chi connectivity index (χ4n) is 2.04.